The van der Waals surface area contributed by atoms with E-state index in [1.165, 1.54) is 0 Å². The first-order chi connectivity index (χ1) is 9.09. The van der Waals surface area contributed by atoms with Crippen LogP contribution in [0, 0.1) is 28.1 Å². The van der Waals surface area contributed by atoms with Crippen molar-refractivity contribution in [1.82, 2.24) is 0 Å². The van der Waals surface area contributed by atoms with Gasteiger partial charge in [0, 0.05) is 13.0 Å². The van der Waals surface area contributed by atoms with E-state index in [0.29, 0.717) is 13.0 Å². The van der Waals surface area contributed by atoms with E-state index in [0.717, 1.165) is 11.1 Å². The van der Waals surface area contributed by atoms with Crippen LogP contribution in [0.4, 0.5) is 0 Å². The minimum Gasteiger partial charge on any atom is -0.371 e. The number of ether oxygens (including phenoxy) is 1. The van der Waals surface area contributed by atoms with Crippen LogP contribution < -0.4 is 0 Å². The molecule has 1 aromatic rings. The molecule has 0 bridgehead atoms. The van der Waals surface area contributed by atoms with Crippen LogP contribution in [-0.2, 0) is 4.74 Å². The highest BCUT2D eigenvalue weighted by Gasteiger charge is 2.41. The van der Waals surface area contributed by atoms with Crippen molar-refractivity contribution in [1.29, 1.82) is 10.5 Å². The van der Waals surface area contributed by atoms with Gasteiger partial charge in [-0.15, -0.1) is 6.58 Å². The first-order valence-corrected chi connectivity index (χ1v) is 6.23. The molecule has 0 aromatic heterocycles. The monoisotopic (exact) mass is 254 g/mol. The molecule has 1 rings (SSSR count). The van der Waals surface area contributed by atoms with Gasteiger partial charge in [-0.25, -0.2) is 0 Å². The summed E-state index contributed by atoms with van der Waals surface area (Å²) < 4.78 is 5.69. The average Bonchev–Trinajstić information content (AvgIpc) is 2.43. The van der Waals surface area contributed by atoms with Crippen molar-refractivity contribution < 1.29 is 4.74 Å². The second-order valence-electron chi connectivity index (χ2n) is 4.57. The van der Waals surface area contributed by atoms with E-state index in [-0.39, 0.29) is 0 Å². The topological polar surface area (TPSA) is 56.8 Å². The van der Waals surface area contributed by atoms with Crippen LogP contribution in [0.2, 0.25) is 0 Å². The summed E-state index contributed by atoms with van der Waals surface area (Å²) >= 11 is 0. The summed E-state index contributed by atoms with van der Waals surface area (Å²) in [6, 6.07) is 13.7. The van der Waals surface area contributed by atoms with Crippen molar-refractivity contribution in [2.24, 2.45) is 5.41 Å². The quantitative estimate of drug-likeness (QED) is 0.726. The van der Waals surface area contributed by atoms with Gasteiger partial charge in [-0.2, -0.15) is 10.5 Å². The van der Waals surface area contributed by atoms with Gasteiger partial charge in [-0.1, -0.05) is 35.9 Å². The van der Waals surface area contributed by atoms with Gasteiger partial charge in [-0.05, 0) is 19.4 Å². The number of hydrogen-bond donors (Lipinski definition) is 0. The van der Waals surface area contributed by atoms with Gasteiger partial charge in [0.05, 0.1) is 12.1 Å². The Morgan fingerprint density at radius 2 is 1.89 bits per heavy atom. The molecule has 1 unspecified atom stereocenters. The Bertz CT molecular complexity index is 494. The maximum absolute atomic E-state index is 9.49. The summed E-state index contributed by atoms with van der Waals surface area (Å²) in [4.78, 5) is 0. The zero-order valence-corrected chi connectivity index (χ0v) is 11.4. The minimum absolute atomic E-state index is 0.305. The van der Waals surface area contributed by atoms with Gasteiger partial charge in [0.2, 0.25) is 0 Å². The van der Waals surface area contributed by atoms with E-state index in [1.54, 1.807) is 0 Å². The molecule has 0 heterocycles. The Balaban J connectivity index is 3.26. The molecule has 3 heteroatoms. The number of rotatable bonds is 6. The zero-order valence-electron chi connectivity index (χ0n) is 11.4. The fraction of sp³-hybridized carbons (Fsp3) is 0.375. The fourth-order valence-corrected chi connectivity index (χ4v) is 2.11. The lowest BCUT2D eigenvalue weighted by molar-refractivity contribution is 0.0103. The number of nitrogens with zero attached hydrogens (tertiary/aromatic N) is 2. The molecule has 0 aliphatic rings. The first kappa shape index (κ1) is 15.0. The maximum Gasteiger partial charge on any atom is 0.177 e. The third-order valence-electron chi connectivity index (χ3n) is 2.86. The predicted octanol–water partition coefficient (Wildman–Crippen LogP) is 3.76. The molecule has 19 heavy (non-hydrogen) atoms. The van der Waals surface area contributed by atoms with E-state index >= 15 is 0 Å². The van der Waals surface area contributed by atoms with Crippen LogP contribution in [0.5, 0.6) is 0 Å². The van der Waals surface area contributed by atoms with Crippen LogP contribution in [0.3, 0.4) is 0 Å². The Labute approximate surface area is 114 Å². The van der Waals surface area contributed by atoms with Crippen LogP contribution >= 0.6 is 0 Å². The van der Waals surface area contributed by atoms with Gasteiger partial charge < -0.3 is 4.74 Å². The molecule has 0 saturated carbocycles. The van der Waals surface area contributed by atoms with Gasteiger partial charge in [0.15, 0.2) is 5.41 Å². The lowest BCUT2D eigenvalue weighted by Gasteiger charge is -2.29. The summed E-state index contributed by atoms with van der Waals surface area (Å²) in [6.07, 6.45) is -0.259. The molecule has 1 atom stereocenters. The van der Waals surface area contributed by atoms with Crippen molar-refractivity contribution in [3.8, 4) is 12.1 Å². The summed E-state index contributed by atoms with van der Waals surface area (Å²) in [5.74, 6) is 0. The number of allylic oxidation sites excluding steroid dienone is 1. The Kier molecular flexibility index (Phi) is 5.30. The SMILES string of the molecule is C=C(C)CC(C#N)(C#N)C(OCC)c1ccccc1. The molecule has 0 saturated heterocycles. The van der Waals surface area contributed by atoms with Gasteiger partial charge in [0.1, 0.15) is 6.10 Å². The molecule has 3 nitrogen and oxygen atoms in total. The van der Waals surface area contributed by atoms with E-state index in [9.17, 15) is 10.5 Å². The Morgan fingerprint density at radius 3 is 2.32 bits per heavy atom. The van der Waals surface area contributed by atoms with Gasteiger partial charge in [0.25, 0.3) is 0 Å². The van der Waals surface area contributed by atoms with E-state index in [2.05, 4.69) is 18.7 Å². The molecule has 98 valence electrons. The van der Waals surface area contributed by atoms with Crippen molar-refractivity contribution in [3.05, 3.63) is 48.0 Å². The molecule has 0 amide bonds. The molecule has 0 spiro atoms. The lowest BCUT2D eigenvalue weighted by atomic mass is 9.76. The second-order valence-corrected chi connectivity index (χ2v) is 4.57. The number of nitriles is 2. The van der Waals surface area contributed by atoms with Crippen LogP contribution in [0.15, 0.2) is 42.5 Å². The lowest BCUT2D eigenvalue weighted by Crippen LogP contribution is -2.28. The van der Waals surface area contributed by atoms with Crippen molar-refractivity contribution in [2.45, 2.75) is 26.4 Å². The molecule has 0 radical (unpaired) electrons. The molecule has 0 fully saturated rings. The van der Waals surface area contributed by atoms with E-state index in [1.807, 2.05) is 44.2 Å². The standard InChI is InChI=1S/C16H18N2O/c1-4-19-15(14-8-6-5-7-9-14)16(11-17,12-18)10-13(2)3/h5-9,15H,2,4,10H2,1,3H3. The predicted molar refractivity (Wildman–Crippen MR) is 73.9 cm³/mol. The molecule has 0 N–H and O–H groups in total. The van der Waals surface area contributed by atoms with Crippen LogP contribution in [0.25, 0.3) is 0 Å². The van der Waals surface area contributed by atoms with E-state index in [4.69, 9.17) is 4.74 Å². The smallest absolute Gasteiger partial charge is 0.177 e. The fourth-order valence-electron chi connectivity index (χ4n) is 2.11. The molecule has 1 aromatic carbocycles. The summed E-state index contributed by atoms with van der Waals surface area (Å²) in [7, 11) is 0. The summed E-state index contributed by atoms with van der Waals surface area (Å²) in [6.45, 7) is 7.93. The molecular formula is C16H18N2O. The van der Waals surface area contributed by atoms with Crippen molar-refractivity contribution in [2.75, 3.05) is 6.61 Å². The van der Waals surface area contributed by atoms with Crippen molar-refractivity contribution in [3.63, 3.8) is 0 Å². The average molecular weight is 254 g/mol. The largest absolute Gasteiger partial charge is 0.371 e. The Morgan fingerprint density at radius 1 is 1.32 bits per heavy atom. The third kappa shape index (κ3) is 3.44. The number of hydrogen-bond acceptors (Lipinski definition) is 3. The highest BCUT2D eigenvalue weighted by Crippen LogP contribution is 2.40. The summed E-state index contributed by atoms with van der Waals surface area (Å²) in [5, 5.41) is 19.0. The maximum atomic E-state index is 9.49. The molecule has 0 aliphatic carbocycles. The normalized spacial score (nSPS) is 12.2. The third-order valence-corrected chi connectivity index (χ3v) is 2.86. The van der Waals surface area contributed by atoms with Crippen molar-refractivity contribution >= 4 is 0 Å². The highest BCUT2D eigenvalue weighted by atomic mass is 16.5. The van der Waals surface area contributed by atoms with Gasteiger partial charge >= 0.3 is 0 Å². The van der Waals surface area contributed by atoms with Crippen LogP contribution in [0.1, 0.15) is 31.9 Å². The minimum atomic E-state index is -1.23. The molecular weight excluding hydrogens is 236 g/mol. The zero-order chi connectivity index (χ0) is 14.3. The van der Waals surface area contributed by atoms with Gasteiger partial charge in [-0.3, -0.25) is 0 Å². The van der Waals surface area contributed by atoms with Crippen LogP contribution in [-0.4, -0.2) is 6.61 Å². The Hall–Kier alpha value is -2.10. The molecule has 0 aliphatic heterocycles. The number of benzene rings is 1. The second kappa shape index (κ2) is 6.73. The first-order valence-electron chi connectivity index (χ1n) is 6.23. The highest BCUT2D eigenvalue weighted by molar-refractivity contribution is 5.30. The summed E-state index contributed by atoms with van der Waals surface area (Å²) in [5.41, 5.74) is 0.404. The van der Waals surface area contributed by atoms with E-state index < -0.39 is 11.5 Å².